The second-order valence-corrected chi connectivity index (χ2v) is 6.14. The Labute approximate surface area is 132 Å². The highest BCUT2D eigenvalue weighted by Crippen LogP contribution is 2.21. The second kappa shape index (κ2) is 6.57. The fourth-order valence-corrected chi connectivity index (χ4v) is 2.74. The zero-order valence-electron chi connectivity index (χ0n) is 12.1. The molecule has 0 saturated heterocycles. The van der Waals surface area contributed by atoms with Gasteiger partial charge >= 0.3 is 10.1 Å². The molecule has 0 saturated carbocycles. The summed E-state index contributed by atoms with van der Waals surface area (Å²) in [5.74, 6) is -0.00854. The molecule has 23 heavy (non-hydrogen) atoms. The maximum Gasteiger partial charge on any atom is 0.339 e. The highest BCUT2D eigenvalue weighted by Gasteiger charge is 2.18. The molecule has 7 nitrogen and oxygen atoms in total. The van der Waals surface area contributed by atoms with E-state index in [1.165, 1.54) is 24.3 Å². The van der Waals surface area contributed by atoms with Gasteiger partial charge in [-0.3, -0.25) is 14.9 Å². The van der Waals surface area contributed by atoms with Crippen molar-refractivity contribution in [2.75, 3.05) is 0 Å². The highest BCUT2D eigenvalue weighted by molar-refractivity contribution is 7.87. The molecule has 0 aliphatic rings. The molecule has 0 atom stereocenters. The fraction of sp³-hybridized carbons (Fsp3) is 0.133. The molecule has 0 unspecified atom stereocenters. The standard InChI is InChI=1S/C15H13NO6S/c1-2-15(17)11-3-7-13(8-4-11)22-23(20,21)14-9-5-12(6-10-14)16(18)19/h3-10H,2H2,1H3. The van der Waals surface area contributed by atoms with Crippen molar-refractivity contribution in [3.05, 3.63) is 64.2 Å². The second-order valence-electron chi connectivity index (χ2n) is 4.59. The number of nitro groups is 1. The predicted octanol–water partition coefficient (Wildman–Crippen LogP) is 2.96. The van der Waals surface area contributed by atoms with E-state index in [1.807, 2.05) is 0 Å². The first-order valence-corrected chi connectivity index (χ1v) is 8.06. The molecule has 8 heteroatoms. The number of ketones is 1. The van der Waals surface area contributed by atoms with E-state index >= 15 is 0 Å². The van der Waals surface area contributed by atoms with E-state index in [0.29, 0.717) is 12.0 Å². The van der Waals surface area contributed by atoms with Crippen LogP contribution < -0.4 is 4.18 Å². The summed E-state index contributed by atoms with van der Waals surface area (Å²) in [6.07, 6.45) is 0.349. The van der Waals surface area contributed by atoms with Crippen LogP contribution in [0.2, 0.25) is 0 Å². The summed E-state index contributed by atoms with van der Waals surface area (Å²) in [4.78, 5) is 21.2. The smallest absolute Gasteiger partial charge is 0.339 e. The van der Waals surface area contributed by atoms with Gasteiger partial charge in [0.15, 0.2) is 5.78 Å². The van der Waals surface area contributed by atoms with Gasteiger partial charge in [-0.25, -0.2) is 0 Å². The largest absolute Gasteiger partial charge is 0.379 e. The van der Waals surface area contributed by atoms with Gasteiger partial charge in [0.05, 0.1) is 4.92 Å². The van der Waals surface area contributed by atoms with Crippen molar-refractivity contribution in [1.29, 1.82) is 0 Å². The lowest BCUT2D eigenvalue weighted by Gasteiger charge is -2.07. The molecule has 0 aromatic heterocycles. The van der Waals surface area contributed by atoms with E-state index in [2.05, 4.69) is 0 Å². The van der Waals surface area contributed by atoms with Gasteiger partial charge in [0, 0.05) is 24.1 Å². The molecule has 0 heterocycles. The molecule has 0 bridgehead atoms. The lowest BCUT2D eigenvalue weighted by Crippen LogP contribution is -2.10. The average molecular weight is 335 g/mol. The molecule has 0 aliphatic heterocycles. The quantitative estimate of drug-likeness (QED) is 0.348. The summed E-state index contributed by atoms with van der Waals surface area (Å²) in [7, 11) is -4.10. The lowest BCUT2D eigenvalue weighted by atomic mass is 10.1. The normalized spacial score (nSPS) is 11.0. The molecule has 0 fully saturated rings. The Bertz CT molecular complexity index is 825. The van der Waals surface area contributed by atoms with E-state index in [0.717, 1.165) is 24.3 Å². The van der Waals surface area contributed by atoms with Crippen LogP contribution in [-0.4, -0.2) is 19.1 Å². The van der Waals surface area contributed by atoms with Gasteiger partial charge in [0.2, 0.25) is 0 Å². The molecule has 0 amide bonds. The highest BCUT2D eigenvalue weighted by atomic mass is 32.2. The van der Waals surface area contributed by atoms with Crippen LogP contribution in [0.5, 0.6) is 5.75 Å². The Hall–Kier alpha value is -2.74. The molecule has 0 aliphatic carbocycles. The van der Waals surface area contributed by atoms with E-state index in [-0.39, 0.29) is 22.1 Å². The molecule has 0 N–H and O–H groups in total. The third-order valence-electron chi connectivity index (χ3n) is 3.04. The first-order chi connectivity index (χ1) is 10.8. The van der Waals surface area contributed by atoms with Crippen molar-refractivity contribution in [2.45, 2.75) is 18.2 Å². The maximum absolute atomic E-state index is 12.1. The van der Waals surface area contributed by atoms with Gasteiger partial charge in [-0.05, 0) is 36.4 Å². The van der Waals surface area contributed by atoms with E-state index < -0.39 is 15.0 Å². The van der Waals surface area contributed by atoms with Gasteiger partial charge in [0.25, 0.3) is 5.69 Å². The Balaban J connectivity index is 2.20. The van der Waals surface area contributed by atoms with Gasteiger partial charge in [-0.1, -0.05) is 6.92 Å². The summed E-state index contributed by atoms with van der Waals surface area (Å²) in [6, 6.07) is 10.1. The topological polar surface area (TPSA) is 104 Å². The number of benzene rings is 2. The van der Waals surface area contributed by atoms with E-state index in [4.69, 9.17) is 4.18 Å². The van der Waals surface area contributed by atoms with E-state index in [1.54, 1.807) is 6.92 Å². The number of carbonyl (C=O) groups is 1. The minimum absolute atomic E-state index is 0.0519. The average Bonchev–Trinajstić information content (AvgIpc) is 2.54. The third-order valence-corrected chi connectivity index (χ3v) is 4.30. The zero-order valence-corrected chi connectivity index (χ0v) is 12.9. The molecule has 2 aromatic rings. The van der Waals surface area contributed by atoms with Crippen LogP contribution in [0.1, 0.15) is 23.7 Å². The maximum atomic E-state index is 12.1. The molecule has 2 rings (SSSR count). The van der Waals surface area contributed by atoms with Crippen LogP contribution >= 0.6 is 0 Å². The van der Waals surface area contributed by atoms with Crippen molar-refractivity contribution in [3.63, 3.8) is 0 Å². The van der Waals surface area contributed by atoms with Crippen molar-refractivity contribution < 1.29 is 22.3 Å². The van der Waals surface area contributed by atoms with Crippen molar-refractivity contribution in [2.24, 2.45) is 0 Å². The van der Waals surface area contributed by atoms with Gasteiger partial charge < -0.3 is 4.18 Å². The SMILES string of the molecule is CCC(=O)c1ccc(OS(=O)(=O)c2ccc([N+](=O)[O-])cc2)cc1. The monoisotopic (exact) mass is 335 g/mol. The molecule has 0 spiro atoms. The molecular formula is C15H13NO6S. The summed E-state index contributed by atoms with van der Waals surface area (Å²) in [5, 5.41) is 10.6. The number of hydrogen-bond donors (Lipinski definition) is 0. The summed E-state index contributed by atoms with van der Waals surface area (Å²) in [5.41, 5.74) is 0.249. The lowest BCUT2D eigenvalue weighted by molar-refractivity contribution is -0.384. The van der Waals surface area contributed by atoms with Gasteiger partial charge in [-0.15, -0.1) is 0 Å². The summed E-state index contributed by atoms with van der Waals surface area (Å²) in [6.45, 7) is 1.73. The number of nitrogens with zero attached hydrogens (tertiary/aromatic N) is 1. The third kappa shape index (κ3) is 3.92. The van der Waals surface area contributed by atoms with Crippen LogP contribution in [0.25, 0.3) is 0 Å². The van der Waals surface area contributed by atoms with Crippen molar-refractivity contribution >= 4 is 21.6 Å². The Morgan fingerprint density at radius 1 is 1.09 bits per heavy atom. The van der Waals surface area contributed by atoms with Crippen LogP contribution in [0.15, 0.2) is 53.4 Å². The van der Waals surface area contributed by atoms with Crippen molar-refractivity contribution in [1.82, 2.24) is 0 Å². The molecule has 120 valence electrons. The number of hydrogen-bond acceptors (Lipinski definition) is 6. The predicted molar refractivity (Wildman–Crippen MR) is 82.0 cm³/mol. The summed E-state index contributed by atoms with van der Waals surface area (Å²) >= 11 is 0. The van der Waals surface area contributed by atoms with Crippen LogP contribution in [0, 0.1) is 10.1 Å². The van der Waals surface area contributed by atoms with Crippen molar-refractivity contribution in [3.8, 4) is 5.75 Å². The minimum atomic E-state index is -4.10. The molecule has 0 radical (unpaired) electrons. The number of nitro benzene ring substituents is 1. The zero-order chi connectivity index (χ0) is 17.0. The first-order valence-electron chi connectivity index (χ1n) is 6.65. The van der Waals surface area contributed by atoms with Gasteiger partial charge in [-0.2, -0.15) is 8.42 Å². The van der Waals surface area contributed by atoms with Crippen LogP contribution in [0.4, 0.5) is 5.69 Å². The number of rotatable bonds is 6. The molecule has 2 aromatic carbocycles. The number of carbonyl (C=O) groups excluding carboxylic acids is 1. The Kier molecular flexibility index (Phi) is 4.75. The minimum Gasteiger partial charge on any atom is -0.379 e. The van der Waals surface area contributed by atoms with Gasteiger partial charge in [0.1, 0.15) is 10.6 Å². The first kappa shape index (κ1) is 16.6. The van der Waals surface area contributed by atoms with Crippen LogP contribution in [-0.2, 0) is 10.1 Å². The number of Topliss-reactive ketones (excluding diaryl/α,β-unsaturated/α-hetero) is 1. The number of non-ortho nitro benzene ring substituents is 1. The molecular weight excluding hydrogens is 322 g/mol. The Morgan fingerprint density at radius 3 is 2.13 bits per heavy atom. The van der Waals surface area contributed by atoms with E-state index in [9.17, 15) is 23.3 Å². The fourth-order valence-electron chi connectivity index (χ4n) is 1.81. The Morgan fingerprint density at radius 2 is 1.65 bits per heavy atom. The summed E-state index contributed by atoms with van der Waals surface area (Å²) < 4.78 is 29.1. The van der Waals surface area contributed by atoms with Crippen LogP contribution in [0.3, 0.4) is 0 Å².